The van der Waals surface area contributed by atoms with Crippen LogP contribution in [0.5, 0.6) is 0 Å². The topological polar surface area (TPSA) is 64.4 Å². The lowest BCUT2D eigenvalue weighted by Gasteiger charge is -2.21. The van der Waals surface area contributed by atoms with E-state index in [-0.39, 0.29) is 30.0 Å². The monoisotopic (exact) mass is 439 g/mol. The summed E-state index contributed by atoms with van der Waals surface area (Å²) in [7, 11) is 2.44. The van der Waals surface area contributed by atoms with Gasteiger partial charge < -0.3 is 9.41 Å². The largest absolute Gasteiger partial charge is 0.376 e. The Kier molecular flexibility index (Phi) is 6.10. The minimum Gasteiger partial charge on any atom is -0.376 e. The fourth-order valence-electron chi connectivity index (χ4n) is 3.15. The molecule has 1 saturated heterocycles. The Labute approximate surface area is 163 Å². The van der Waals surface area contributed by atoms with E-state index in [1.165, 1.54) is 4.68 Å². The number of carbonyl (C=O) groups excluding carboxylic acids is 1. The summed E-state index contributed by atoms with van der Waals surface area (Å²) < 4.78 is 9.29. The van der Waals surface area contributed by atoms with Gasteiger partial charge in [0.15, 0.2) is 0 Å². The first-order chi connectivity index (χ1) is 12.4. The molecule has 6 nitrogen and oxygen atoms in total. The molecule has 1 aromatic heterocycles. The molecule has 3 rings (SSSR count). The third kappa shape index (κ3) is 4.16. The Morgan fingerprint density at radius 2 is 2.23 bits per heavy atom. The molecule has 1 amide bonds. The third-order valence-corrected chi connectivity index (χ3v) is 5.52. The van der Waals surface area contributed by atoms with Gasteiger partial charge in [0.1, 0.15) is 6.54 Å². The molecular weight excluding hydrogens is 417 g/mol. The van der Waals surface area contributed by atoms with E-state index in [4.69, 9.17) is 4.74 Å². The number of amides is 1. The maximum atomic E-state index is 12.8. The van der Waals surface area contributed by atoms with Crippen LogP contribution in [0.15, 0.2) is 27.5 Å². The van der Waals surface area contributed by atoms with Crippen LogP contribution in [0.3, 0.4) is 0 Å². The molecule has 1 aliphatic rings. The lowest BCUT2D eigenvalue weighted by molar-refractivity contribution is -0.128. The number of ether oxygens (including phenoxy) is 1. The minimum absolute atomic E-state index is 0.0707. The number of nitrogens with zero attached hydrogens (tertiary/aromatic N) is 3. The van der Waals surface area contributed by atoms with E-state index in [1.54, 1.807) is 10.7 Å². The number of carbonyl (C=O) groups is 1. The van der Waals surface area contributed by atoms with Gasteiger partial charge in [0.25, 0.3) is 5.56 Å². The molecule has 2 unspecified atom stereocenters. The number of hydrogen-bond acceptors (Lipinski definition) is 4. The lowest BCUT2D eigenvalue weighted by atomic mass is 10.0. The van der Waals surface area contributed by atoms with E-state index >= 15 is 0 Å². The Bertz CT molecular complexity index is 878. The minimum atomic E-state index is -0.249. The summed E-state index contributed by atoms with van der Waals surface area (Å²) in [5.41, 5.74) is 0.559. The van der Waals surface area contributed by atoms with Gasteiger partial charge >= 0.3 is 0 Å². The molecule has 0 spiro atoms. The van der Waals surface area contributed by atoms with Crippen LogP contribution in [0.25, 0.3) is 10.8 Å². The van der Waals surface area contributed by atoms with Crippen LogP contribution in [-0.2, 0) is 16.1 Å². The maximum absolute atomic E-state index is 12.8. The fraction of sp³-hybridized carbons (Fsp3) is 0.500. The predicted molar refractivity (Wildman–Crippen MR) is 108 cm³/mol. The van der Waals surface area contributed by atoms with Crippen LogP contribution in [0.4, 0.5) is 0 Å². The van der Waals surface area contributed by atoms with Gasteiger partial charge in [0.2, 0.25) is 5.91 Å². The molecule has 0 radical (unpaired) electrons. The Morgan fingerprint density at radius 1 is 1.46 bits per heavy atom. The first kappa shape index (κ1) is 19.5. The van der Waals surface area contributed by atoms with Gasteiger partial charge in [-0.25, -0.2) is 4.68 Å². The van der Waals surface area contributed by atoms with Crippen molar-refractivity contribution < 1.29 is 9.53 Å². The van der Waals surface area contributed by atoms with Gasteiger partial charge in [-0.3, -0.25) is 9.59 Å². The Hall–Kier alpha value is -1.30. The van der Waals surface area contributed by atoms with E-state index in [0.29, 0.717) is 11.9 Å². The van der Waals surface area contributed by atoms with Crippen LogP contribution in [0, 0.1) is 0 Å². The van der Waals surface area contributed by atoms with Gasteiger partial charge in [0.05, 0.1) is 23.7 Å². The van der Waals surface area contributed by atoms with Crippen LogP contribution < -0.4 is 5.56 Å². The van der Waals surface area contributed by atoms with E-state index in [0.717, 1.165) is 35.0 Å². The van der Waals surface area contributed by atoms with E-state index in [9.17, 15) is 9.59 Å². The van der Waals surface area contributed by atoms with Crippen LogP contribution in [-0.4, -0.2) is 39.6 Å². The number of aromatic nitrogens is 2. The van der Waals surface area contributed by atoms with Crippen molar-refractivity contribution in [2.75, 3.05) is 13.2 Å². The van der Waals surface area contributed by atoms with Gasteiger partial charge in [-0.1, -0.05) is 29.8 Å². The summed E-state index contributed by atoms with van der Waals surface area (Å²) in [4.78, 5) is 25.4. The molecule has 1 aliphatic heterocycles. The van der Waals surface area contributed by atoms with Crippen LogP contribution >= 0.6 is 25.3 Å². The molecule has 2 atom stereocenters. The molecule has 140 valence electrons. The third-order valence-electron chi connectivity index (χ3n) is 4.53. The predicted octanol–water partition coefficient (Wildman–Crippen LogP) is 3.08. The van der Waals surface area contributed by atoms with E-state index in [2.05, 4.69) is 30.4 Å². The zero-order valence-electron chi connectivity index (χ0n) is 14.9. The molecule has 0 saturated carbocycles. The smallest absolute Gasteiger partial charge is 0.275 e. The standard InChI is InChI=1S/C18H23BrN3O3P/c1-11(2)17-15-8-12(19)5-6-14(15)18(24)21(20-17)10-16(23)22(26)9-13-4-3-7-25-13/h5-6,8,11,13H,3-4,7,9-10,26H2,1-2H3. The normalized spacial score (nSPS) is 17.2. The number of rotatable bonds is 5. The summed E-state index contributed by atoms with van der Waals surface area (Å²) >= 11 is 3.45. The summed E-state index contributed by atoms with van der Waals surface area (Å²) in [6.45, 7) is 5.23. The van der Waals surface area contributed by atoms with Gasteiger partial charge in [-0.2, -0.15) is 5.10 Å². The molecule has 2 aromatic rings. The molecule has 26 heavy (non-hydrogen) atoms. The highest BCUT2D eigenvalue weighted by Crippen LogP contribution is 2.24. The molecule has 0 N–H and O–H groups in total. The quantitative estimate of drug-likeness (QED) is 0.671. The summed E-state index contributed by atoms with van der Waals surface area (Å²) in [6, 6.07) is 5.52. The molecule has 2 heterocycles. The second kappa shape index (κ2) is 8.15. The Morgan fingerprint density at radius 3 is 2.88 bits per heavy atom. The average molecular weight is 440 g/mol. The first-order valence-electron chi connectivity index (χ1n) is 8.73. The SMILES string of the molecule is CC(C)c1nn(CC(=O)N(P)CC2CCCO2)c(=O)c2ccc(Br)cc12. The molecule has 8 heteroatoms. The highest BCUT2D eigenvalue weighted by Gasteiger charge is 2.22. The molecule has 1 fully saturated rings. The Balaban J connectivity index is 1.89. The molecule has 0 bridgehead atoms. The van der Waals surface area contributed by atoms with E-state index in [1.807, 2.05) is 26.0 Å². The van der Waals surface area contributed by atoms with Crippen molar-refractivity contribution >= 4 is 42.0 Å². The van der Waals surface area contributed by atoms with Crippen molar-refractivity contribution in [2.45, 2.75) is 45.3 Å². The van der Waals surface area contributed by atoms with Gasteiger partial charge in [0, 0.05) is 16.5 Å². The summed E-state index contributed by atoms with van der Waals surface area (Å²) in [5, 5.41) is 5.89. The number of benzene rings is 1. The van der Waals surface area contributed by atoms with Gasteiger partial charge in [-0.05, 0) is 46.3 Å². The number of fused-ring (bicyclic) bond motifs is 1. The van der Waals surface area contributed by atoms with Crippen molar-refractivity contribution in [2.24, 2.45) is 0 Å². The molecule has 0 aliphatic carbocycles. The highest BCUT2D eigenvalue weighted by atomic mass is 79.9. The molecule has 1 aromatic carbocycles. The average Bonchev–Trinajstić information content (AvgIpc) is 3.09. The van der Waals surface area contributed by atoms with Gasteiger partial charge in [-0.15, -0.1) is 0 Å². The second-order valence-corrected chi connectivity index (χ2v) is 8.41. The zero-order chi connectivity index (χ0) is 18.8. The maximum Gasteiger partial charge on any atom is 0.275 e. The number of hydrogen-bond donors (Lipinski definition) is 0. The van der Waals surface area contributed by atoms with Crippen LogP contribution in [0.1, 0.15) is 38.3 Å². The summed E-state index contributed by atoms with van der Waals surface area (Å²) in [5.74, 6) is -0.0426. The summed E-state index contributed by atoms with van der Waals surface area (Å²) in [6.07, 6.45) is 2.05. The highest BCUT2D eigenvalue weighted by molar-refractivity contribution is 9.10. The zero-order valence-corrected chi connectivity index (χ0v) is 17.7. The number of halogens is 1. The first-order valence-corrected chi connectivity index (χ1v) is 10.0. The second-order valence-electron chi connectivity index (χ2n) is 6.87. The van der Waals surface area contributed by atoms with E-state index < -0.39 is 0 Å². The molecular formula is C18H23BrN3O3P. The van der Waals surface area contributed by atoms with Crippen molar-refractivity contribution in [3.05, 3.63) is 38.7 Å². The van der Waals surface area contributed by atoms with Crippen molar-refractivity contribution in [3.63, 3.8) is 0 Å². The van der Waals surface area contributed by atoms with Crippen molar-refractivity contribution in [3.8, 4) is 0 Å². The van der Waals surface area contributed by atoms with Crippen molar-refractivity contribution in [1.82, 2.24) is 14.5 Å². The fourth-order valence-corrected chi connectivity index (χ4v) is 3.82. The van der Waals surface area contributed by atoms with Crippen LogP contribution in [0.2, 0.25) is 0 Å². The lowest BCUT2D eigenvalue weighted by Crippen LogP contribution is -2.36. The van der Waals surface area contributed by atoms with Crippen molar-refractivity contribution in [1.29, 1.82) is 0 Å².